The maximum atomic E-state index is 13.6. The van der Waals surface area contributed by atoms with Crippen LogP contribution in [0, 0.1) is 13.8 Å². The summed E-state index contributed by atoms with van der Waals surface area (Å²) in [5.41, 5.74) is 2.18. The first kappa shape index (κ1) is 28.3. The van der Waals surface area contributed by atoms with Gasteiger partial charge in [0.1, 0.15) is 11.8 Å². The summed E-state index contributed by atoms with van der Waals surface area (Å²) < 4.78 is -0.574. The van der Waals surface area contributed by atoms with E-state index in [2.05, 4.69) is 17.2 Å². The van der Waals surface area contributed by atoms with Crippen molar-refractivity contribution in [3.05, 3.63) is 77.4 Å². The molecule has 1 aliphatic heterocycles. The maximum Gasteiger partial charge on any atom is 0.254 e. The van der Waals surface area contributed by atoms with Gasteiger partial charge in [-0.2, -0.15) is 0 Å². The molecule has 1 aliphatic rings. The van der Waals surface area contributed by atoms with E-state index in [0.717, 1.165) is 5.56 Å². The number of aliphatic hydroxyl groups excluding tert-OH is 1. The summed E-state index contributed by atoms with van der Waals surface area (Å²) >= 11 is 1.45. The normalized spacial score (nSPS) is 18.1. The van der Waals surface area contributed by atoms with E-state index in [1.54, 1.807) is 32.1 Å². The van der Waals surface area contributed by atoms with Crippen LogP contribution in [0.4, 0.5) is 0 Å². The van der Waals surface area contributed by atoms with Gasteiger partial charge < -0.3 is 25.7 Å². The quantitative estimate of drug-likeness (QED) is 0.374. The molecule has 2 aromatic rings. The van der Waals surface area contributed by atoms with Gasteiger partial charge >= 0.3 is 0 Å². The molecule has 198 valence electrons. The van der Waals surface area contributed by atoms with Crippen molar-refractivity contribution in [2.24, 2.45) is 0 Å². The molecule has 3 unspecified atom stereocenters. The molecule has 3 rings (SSSR count). The van der Waals surface area contributed by atoms with E-state index < -0.39 is 34.7 Å². The van der Waals surface area contributed by atoms with E-state index in [1.165, 1.54) is 16.7 Å². The molecule has 9 heteroatoms. The number of aromatic hydroxyl groups is 1. The number of hydrogen-bond donors (Lipinski definition) is 4. The zero-order chi connectivity index (χ0) is 27.3. The summed E-state index contributed by atoms with van der Waals surface area (Å²) in [6.45, 7) is 11.0. The summed E-state index contributed by atoms with van der Waals surface area (Å²) in [4.78, 5) is 41.2. The maximum absolute atomic E-state index is 13.6. The zero-order valence-electron chi connectivity index (χ0n) is 21.7. The van der Waals surface area contributed by atoms with Crippen LogP contribution in [0.3, 0.4) is 0 Å². The Kier molecular flexibility index (Phi) is 9.04. The Morgan fingerprint density at radius 3 is 2.54 bits per heavy atom. The fourth-order valence-electron chi connectivity index (χ4n) is 4.46. The van der Waals surface area contributed by atoms with Gasteiger partial charge in [0, 0.05) is 22.4 Å². The lowest BCUT2D eigenvalue weighted by molar-refractivity contribution is -0.147. The molecule has 4 N–H and O–H groups in total. The topological polar surface area (TPSA) is 119 Å². The third-order valence-electron chi connectivity index (χ3n) is 6.52. The minimum absolute atomic E-state index is 0.00825. The number of aliphatic hydroxyl groups is 1. The fourth-order valence-corrected chi connectivity index (χ4v) is 5.60. The SMILES string of the molecule is C=CCNC(=O)C1N(C(=O)C(O)C(Cc2ccccc2)NC(=O)c2cc(C)cc(O)c2C)CSC1(C)C. The Balaban J connectivity index is 1.90. The summed E-state index contributed by atoms with van der Waals surface area (Å²) in [5, 5.41) is 27.1. The van der Waals surface area contributed by atoms with Crippen LogP contribution in [0.5, 0.6) is 5.75 Å². The average molecular weight is 526 g/mol. The van der Waals surface area contributed by atoms with E-state index in [4.69, 9.17) is 0 Å². The molecule has 1 saturated heterocycles. The first-order valence-corrected chi connectivity index (χ1v) is 13.1. The number of carbonyl (C=O) groups is 3. The largest absolute Gasteiger partial charge is 0.508 e. The Morgan fingerprint density at radius 2 is 1.89 bits per heavy atom. The van der Waals surface area contributed by atoms with Crippen LogP contribution in [0.15, 0.2) is 55.1 Å². The molecule has 3 atom stereocenters. The van der Waals surface area contributed by atoms with Gasteiger partial charge in [-0.1, -0.05) is 36.4 Å². The molecule has 1 heterocycles. The van der Waals surface area contributed by atoms with Crippen molar-refractivity contribution in [1.82, 2.24) is 15.5 Å². The highest BCUT2D eigenvalue weighted by atomic mass is 32.2. The Bertz CT molecular complexity index is 1170. The monoisotopic (exact) mass is 525 g/mol. The van der Waals surface area contributed by atoms with Crippen LogP contribution in [0.2, 0.25) is 0 Å². The van der Waals surface area contributed by atoms with Crippen molar-refractivity contribution in [3.63, 3.8) is 0 Å². The summed E-state index contributed by atoms with van der Waals surface area (Å²) in [6, 6.07) is 10.7. The Labute approximate surface area is 222 Å². The van der Waals surface area contributed by atoms with Crippen LogP contribution in [-0.4, -0.2) is 68.2 Å². The molecule has 0 bridgehead atoms. The van der Waals surface area contributed by atoms with Crippen LogP contribution in [0.1, 0.15) is 40.9 Å². The van der Waals surface area contributed by atoms with Gasteiger partial charge in [-0.15, -0.1) is 18.3 Å². The van der Waals surface area contributed by atoms with Crippen molar-refractivity contribution in [3.8, 4) is 5.75 Å². The Morgan fingerprint density at radius 1 is 1.22 bits per heavy atom. The molecule has 1 fully saturated rings. The second kappa shape index (κ2) is 11.8. The van der Waals surface area contributed by atoms with Crippen molar-refractivity contribution >= 4 is 29.5 Å². The smallest absolute Gasteiger partial charge is 0.254 e. The average Bonchev–Trinajstić information content (AvgIpc) is 3.18. The van der Waals surface area contributed by atoms with Gasteiger partial charge in [0.25, 0.3) is 11.8 Å². The van der Waals surface area contributed by atoms with Crippen molar-refractivity contribution in [1.29, 1.82) is 0 Å². The van der Waals surface area contributed by atoms with E-state index in [9.17, 15) is 24.6 Å². The van der Waals surface area contributed by atoms with Crippen molar-refractivity contribution in [2.75, 3.05) is 12.4 Å². The number of phenolic OH excluding ortho intramolecular Hbond substituents is 1. The number of amides is 3. The summed E-state index contributed by atoms with van der Waals surface area (Å²) in [7, 11) is 0. The van der Waals surface area contributed by atoms with E-state index in [1.807, 2.05) is 44.2 Å². The predicted octanol–water partition coefficient (Wildman–Crippen LogP) is 2.69. The highest BCUT2D eigenvalue weighted by Gasteiger charge is 2.49. The highest BCUT2D eigenvalue weighted by molar-refractivity contribution is 8.00. The van der Waals surface area contributed by atoms with Crippen LogP contribution < -0.4 is 10.6 Å². The summed E-state index contributed by atoms with van der Waals surface area (Å²) in [6.07, 6.45) is 0.144. The summed E-state index contributed by atoms with van der Waals surface area (Å²) in [5.74, 6) is -1.26. The molecule has 2 aromatic carbocycles. The first-order valence-electron chi connectivity index (χ1n) is 12.1. The fraction of sp³-hybridized carbons (Fsp3) is 0.393. The van der Waals surface area contributed by atoms with Crippen LogP contribution in [-0.2, 0) is 16.0 Å². The third kappa shape index (κ3) is 6.53. The molecule has 0 saturated carbocycles. The number of aryl methyl sites for hydroxylation is 1. The van der Waals surface area contributed by atoms with Crippen LogP contribution in [0.25, 0.3) is 0 Å². The van der Waals surface area contributed by atoms with Crippen molar-refractivity contribution in [2.45, 2.75) is 57.1 Å². The first-order chi connectivity index (χ1) is 17.5. The van der Waals surface area contributed by atoms with Gasteiger partial charge in [-0.25, -0.2) is 0 Å². The standard InChI is InChI=1S/C28H35N3O5S/c1-6-12-29-26(35)24-28(4,5)37-16-31(24)27(36)23(33)21(15-19-10-8-7-9-11-19)30-25(34)20-13-17(2)14-22(32)18(20)3/h6-11,13-14,21,23-24,32-33H,1,12,15-16H2,2-5H3,(H,29,35)(H,30,34). The molecule has 0 aliphatic carbocycles. The zero-order valence-corrected chi connectivity index (χ0v) is 22.5. The number of nitrogens with one attached hydrogen (secondary N) is 2. The number of carbonyl (C=O) groups excluding carboxylic acids is 3. The molecular formula is C28H35N3O5S. The molecule has 0 radical (unpaired) electrons. The van der Waals surface area contributed by atoms with Crippen molar-refractivity contribution < 1.29 is 24.6 Å². The molecule has 3 amide bonds. The lowest BCUT2D eigenvalue weighted by Gasteiger charge is -2.33. The molecular weight excluding hydrogens is 490 g/mol. The number of thioether (sulfide) groups is 1. The van der Waals surface area contributed by atoms with Gasteiger partial charge in [0.15, 0.2) is 6.10 Å². The van der Waals surface area contributed by atoms with Gasteiger partial charge in [0.05, 0.1) is 11.9 Å². The molecule has 8 nitrogen and oxygen atoms in total. The molecule has 37 heavy (non-hydrogen) atoms. The minimum Gasteiger partial charge on any atom is -0.508 e. The second-order valence-corrected chi connectivity index (χ2v) is 11.4. The van der Waals surface area contributed by atoms with E-state index in [0.29, 0.717) is 11.1 Å². The number of benzene rings is 2. The lowest BCUT2D eigenvalue weighted by Crippen LogP contribution is -2.58. The highest BCUT2D eigenvalue weighted by Crippen LogP contribution is 2.39. The van der Waals surface area contributed by atoms with Gasteiger partial charge in [-0.3, -0.25) is 14.4 Å². The van der Waals surface area contributed by atoms with E-state index in [-0.39, 0.29) is 36.1 Å². The number of hydrogen-bond acceptors (Lipinski definition) is 6. The van der Waals surface area contributed by atoms with E-state index >= 15 is 0 Å². The van der Waals surface area contributed by atoms with Gasteiger partial charge in [0.2, 0.25) is 5.91 Å². The minimum atomic E-state index is -1.60. The van der Waals surface area contributed by atoms with Gasteiger partial charge in [-0.05, 0) is 57.4 Å². The molecule has 0 aromatic heterocycles. The molecule has 0 spiro atoms. The van der Waals surface area contributed by atoms with Crippen LogP contribution >= 0.6 is 11.8 Å². The number of phenols is 1. The number of nitrogens with zero attached hydrogens (tertiary/aromatic N) is 1. The Hall–Kier alpha value is -3.30. The predicted molar refractivity (Wildman–Crippen MR) is 145 cm³/mol. The second-order valence-electron chi connectivity index (χ2n) is 9.79. The third-order valence-corrected chi connectivity index (χ3v) is 7.89. The lowest BCUT2D eigenvalue weighted by atomic mass is 9.96. The number of rotatable bonds is 9.